The maximum Gasteiger partial charge on any atom is 0.125 e. The molecule has 0 saturated heterocycles. The molecule has 0 amide bonds. The first-order valence-electron chi connectivity index (χ1n) is 5.52. The van der Waals surface area contributed by atoms with Crippen LogP contribution in [0.2, 0.25) is 0 Å². The zero-order valence-electron chi connectivity index (χ0n) is 9.76. The van der Waals surface area contributed by atoms with Crippen LogP contribution >= 0.6 is 0 Å². The average Bonchev–Trinajstić information content (AvgIpc) is 2.36. The minimum absolute atomic E-state index is 0.547. The Morgan fingerprint density at radius 1 is 1.18 bits per heavy atom. The fourth-order valence-electron chi connectivity index (χ4n) is 1.44. The van der Waals surface area contributed by atoms with E-state index >= 15 is 0 Å². The average molecular weight is 229 g/mol. The van der Waals surface area contributed by atoms with Crippen LogP contribution in [0.5, 0.6) is 0 Å². The van der Waals surface area contributed by atoms with Crippen LogP contribution in [0, 0.1) is 6.92 Å². The SMILES string of the molecule is Cc1nccc(CNOCc2ccccc2)n1. The normalized spacial score (nSPS) is 10.4. The molecule has 0 spiro atoms. The summed E-state index contributed by atoms with van der Waals surface area (Å²) in [6.07, 6.45) is 1.75. The van der Waals surface area contributed by atoms with Gasteiger partial charge in [-0.05, 0) is 18.6 Å². The minimum atomic E-state index is 0.547. The second-order valence-electron chi connectivity index (χ2n) is 3.69. The molecule has 2 aromatic rings. The summed E-state index contributed by atoms with van der Waals surface area (Å²) in [6.45, 7) is 3.00. The van der Waals surface area contributed by atoms with Crippen molar-refractivity contribution in [2.75, 3.05) is 0 Å². The third-order valence-corrected chi connectivity index (χ3v) is 2.27. The Bertz CT molecular complexity index is 459. The predicted octanol–water partition coefficient (Wildman–Crippen LogP) is 2.01. The van der Waals surface area contributed by atoms with Gasteiger partial charge >= 0.3 is 0 Å². The number of aryl methyl sites for hydroxylation is 1. The van der Waals surface area contributed by atoms with Crippen molar-refractivity contribution in [3.8, 4) is 0 Å². The van der Waals surface area contributed by atoms with Crippen LogP contribution in [0.15, 0.2) is 42.6 Å². The maximum absolute atomic E-state index is 5.35. The first-order chi connectivity index (χ1) is 8.34. The summed E-state index contributed by atoms with van der Waals surface area (Å²) in [7, 11) is 0. The van der Waals surface area contributed by atoms with Gasteiger partial charge in [-0.1, -0.05) is 30.3 Å². The van der Waals surface area contributed by atoms with E-state index in [9.17, 15) is 0 Å². The Hall–Kier alpha value is -1.78. The molecule has 1 aromatic heterocycles. The van der Waals surface area contributed by atoms with Gasteiger partial charge < -0.3 is 0 Å². The second kappa shape index (κ2) is 6.08. The van der Waals surface area contributed by atoms with Gasteiger partial charge in [-0.3, -0.25) is 4.84 Å². The largest absolute Gasteiger partial charge is 0.297 e. The van der Waals surface area contributed by atoms with Crippen molar-refractivity contribution in [1.29, 1.82) is 0 Å². The third kappa shape index (κ3) is 3.94. The molecule has 88 valence electrons. The van der Waals surface area contributed by atoms with Crippen molar-refractivity contribution < 1.29 is 4.84 Å². The maximum atomic E-state index is 5.35. The molecule has 0 bridgehead atoms. The van der Waals surface area contributed by atoms with E-state index in [1.165, 1.54) is 0 Å². The van der Waals surface area contributed by atoms with Gasteiger partial charge in [0, 0.05) is 6.20 Å². The lowest BCUT2D eigenvalue weighted by Gasteiger charge is -2.05. The van der Waals surface area contributed by atoms with Gasteiger partial charge in [0.05, 0.1) is 18.8 Å². The van der Waals surface area contributed by atoms with Crippen LogP contribution < -0.4 is 5.48 Å². The molecule has 1 N–H and O–H groups in total. The van der Waals surface area contributed by atoms with Crippen molar-refractivity contribution in [3.05, 3.63) is 59.7 Å². The molecule has 0 atom stereocenters. The number of hydroxylamine groups is 1. The molecule has 0 fully saturated rings. The number of rotatable bonds is 5. The van der Waals surface area contributed by atoms with E-state index in [4.69, 9.17) is 4.84 Å². The Morgan fingerprint density at radius 2 is 2.00 bits per heavy atom. The van der Waals surface area contributed by atoms with Gasteiger partial charge in [0.25, 0.3) is 0 Å². The van der Waals surface area contributed by atoms with E-state index in [-0.39, 0.29) is 0 Å². The lowest BCUT2D eigenvalue weighted by atomic mass is 10.2. The fourth-order valence-corrected chi connectivity index (χ4v) is 1.44. The van der Waals surface area contributed by atoms with Crippen LogP contribution in [0.3, 0.4) is 0 Å². The summed E-state index contributed by atoms with van der Waals surface area (Å²) in [5.74, 6) is 0.771. The summed E-state index contributed by atoms with van der Waals surface area (Å²) >= 11 is 0. The van der Waals surface area contributed by atoms with E-state index in [2.05, 4.69) is 15.4 Å². The van der Waals surface area contributed by atoms with E-state index in [0.29, 0.717) is 13.2 Å². The summed E-state index contributed by atoms with van der Waals surface area (Å²) in [4.78, 5) is 13.7. The second-order valence-corrected chi connectivity index (χ2v) is 3.69. The highest BCUT2D eigenvalue weighted by Gasteiger charge is 1.96. The Balaban J connectivity index is 1.73. The smallest absolute Gasteiger partial charge is 0.125 e. The molecule has 1 heterocycles. The number of aromatic nitrogens is 2. The van der Waals surface area contributed by atoms with Crippen molar-refractivity contribution in [1.82, 2.24) is 15.4 Å². The van der Waals surface area contributed by atoms with Gasteiger partial charge in [-0.25, -0.2) is 9.97 Å². The van der Waals surface area contributed by atoms with Gasteiger partial charge in [0.15, 0.2) is 0 Å². The van der Waals surface area contributed by atoms with Gasteiger partial charge in [0.1, 0.15) is 5.82 Å². The Labute approximate surface area is 101 Å². The van der Waals surface area contributed by atoms with Crippen molar-refractivity contribution in [2.24, 2.45) is 0 Å². The highest BCUT2D eigenvalue weighted by molar-refractivity contribution is 5.13. The minimum Gasteiger partial charge on any atom is -0.297 e. The highest BCUT2D eigenvalue weighted by Crippen LogP contribution is 1.99. The summed E-state index contributed by atoms with van der Waals surface area (Å²) < 4.78 is 0. The number of hydrogen-bond donors (Lipinski definition) is 1. The van der Waals surface area contributed by atoms with Crippen LogP contribution in [-0.4, -0.2) is 9.97 Å². The quantitative estimate of drug-likeness (QED) is 0.629. The van der Waals surface area contributed by atoms with Gasteiger partial charge in [-0.2, -0.15) is 5.48 Å². The first-order valence-corrected chi connectivity index (χ1v) is 5.52. The van der Waals surface area contributed by atoms with Crippen LogP contribution in [-0.2, 0) is 18.0 Å². The van der Waals surface area contributed by atoms with Crippen molar-refractivity contribution in [3.63, 3.8) is 0 Å². The molecular formula is C13H15N3O. The zero-order valence-corrected chi connectivity index (χ0v) is 9.76. The fraction of sp³-hybridized carbons (Fsp3) is 0.231. The Morgan fingerprint density at radius 3 is 2.76 bits per heavy atom. The molecule has 4 nitrogen and oxygen atoms in total. The molecule has 2 rings (SSSR count). The molecule has 17 heavy (non-hydrogen) atoms. The van der Waals surface area contributed by atoms with Crippen molar-refractivity contribution >= 4 is 0 Å². The van der Waals surface area contributed by atoms with E-state index in [0.717, 1.165) is 17.1 Å². The first kappa shape index (κ1) is 11.7. The molecule has 4 heteroatoms. The molecule has 1 aromatic carbocycles. The van der Waals surface area contributed by atoms with Gasteiger partial charge in [-0.15, -0.1) is 0 Å². The van der Waals surface area contributed by atoms with Crippen LogP contribution in [0.4, 0.5) is 0 Å². The van der Waals surface area contributed by atoms with Gasteiger partial charge in [0.2, 0.25) is 0 Å². The number of benzene rings is 1. The molecule has 0 aliphatic carbocycles. The topological polar surface area (TPSA) is 47.0 Å². The van der Waals surface area contributed by atoms with E-state index < -0.39 is 0 Å². The number of nitrogens with one attached hydrogen (secondary N) is 1. The lowest BCUT2D eigenvalue weighted by molar-refractivity contribution is 0.0228. The standard InChI is InChI=1S/C13H15N3O/c1-11-14-8-7-13(16-11)9-15-17-10-12-5-3-2-4-6-12/h2-8,15H,9-10H2,1H3. The summed E-state index contributed by atoms with van der Waals surface area (Å²) in [6, 6.07) is 11.9. The number of nitrogens with zero attached hydrogens (tertiary/aromatic N) is 2. The molecule has 0 saturated carbocycles. The lowest BCUT2D eigenvalue weighted by Crippen LogP contribution is -2.15. The third-order valence-electron chi connectivity index (χ3n) is 2.27. The molecule has 0 unspecified atom stereocenters. The zero-order chi connectivity index (χ0) is 11.9. The molecule has 0 radical (unpaired) electrons. The monoisotopic (exact) mass is 229 g/mol. The van der Waals surface area contributed by atoms with E-state index in [1.54, 1.807) is 6.20 Å². The van der Waals surface area contributed by atoms with E-state index in [1.807, 2.05) is 43.3 Å². The molecular weight excluding hydrogens is 214 g/mol. The number of hydrogen-bond acceptors (Lipinski definition) is 4. The highest BCUT2D eigenvalue weighted by atomic mass is 16.6. The summed E-state index contributed by atoms with van der Waals surface area (Å²) in [5, 5.41) is 0. The van der Waals surface area contributed by atoms with Crippen molar-refractivity contribution in [2.45, 2.75) is 20.1 Å². The predicted molar refractivity (Wildman–Crippen MR) is 64.8 cm³/mol. The Kier molecular flexibility index (Phi) is 4.18. The van der Waals surface area contributed by atoms with Crippen LogP contribution in [0.25, 0.3) is 0 Å². The molecule has 0 aliphatic heterocycles. The summed E-state index contributed by atoms with van der Waals surface area (Å²) in [5.41, 5.74) is 4.95. The molecule has 0 aliphatic rings. The van der Waals surface area contributed by atoms with Crippen LogP contribution in [0.1, 0.15) is 17.1 Å².